The van der Waals surface area contributed by atoms with E-state index in [1.165, 1.54) is 6.07 Å². The van der Waals surface area contributed by atoms with Gasteiger partial charge in [0.1, 0.15) is 5.75 Å². The van der Waals surface area contributed by atoms with Gasteiger partial charge in [-0.25, -0.2) is 13.6 Å². The van der Waals surface area contributed by atoms with Crippen molar-refractivity contribution in [3.8, 4) is 5.75 Å². The SMILES string of the molecule is CC(C)C(Oc1ccc(F)c(F)c1)C(=O)O. The van der Waals surface area contributed by atoms with Crippen molar-refractivity contribution >= 4 is 5.97 Å². The number of halogens is 2. The van der Waals surface area contributed by atoms with Gasteiger partial charge in [-0.1, -0.05) is 13.8 Å². The fourth-order valence-electron chi connectivity index (χ4n) is 1.17. The van der Waals surface area contributed by atoms with Crippen LogP contribution < -0.4 is 4.74 Å². The molecule has 1 aromatic carbocycles. The molecule has 0 saturated heterocycles. The minimum absolute atomic E-state index is 0.000000000000000222. The zero-order valence-corrected chi connectivity index (χ0v) is 8.91. The Balaban J connectivity index is 2.86. The third-order valence-corrected chi connectivity index (χ3v) is 2.00. The summed E-state index contributed by atoms with van der Waals surface area (Å²) in [5, 5.41) is 8.84. The molecule has 1 N–H and O–H groups in total. The standard InChI is InChI=1S/C11H12F2O3/c1-6(2)10(11(14)15)16-7-3-4-8(12)9(13)5-7/h3-6,10H,1-2H3,(H,14,15). The maximum atomic E-state index is 12.8. The molecule has 0 amide bonds. The van der Waals surface area contributed by atoms with Crippen molar-refractivity contribution in [2.75, 3.05) is 0 Å². The van der Waals surface area contributed by atoms with Crippen LogP contribution in [-0.4, -0.2) is 17.2 Å². The molecule has 16 heavy (non-hydrogen) atoms. The number of hydrogen-bond acceptors (Lipinski definition) is 2. The smallest absolute Gasteiger partial charge is 0.345 e. The molecule has 0 aliphatic heterocycles. The number of rotatable bonds is 4. The van der Waals surface area contributed by atoms with E-state index in [0.717, 1.165) is 12.1 Å². The van der Waals surface area contributed by atoms with E-state index in [0.29, 0.717) is 0 Å². The zero-order chi connectivity index (χ0) is 12.3. The van der Waals surface area contributed by atoms with Crippen molar-refractivity contribution in [3.05, 3.63) is 29.8 Å². The van der Waals surface area contributed by atoms with Gasteiger partial charge in [0.05, 0.1) is 0 Å². The van der Waals surface area contributed by atoms with E-state index in [1.54, 1.807) is 13.8 Å². The van der Waals surface area contributed by atoms with Gasteiger partial charge in [0.2, 0.25) is 0 Å². The molecule has 0 bridgehead atoms. The first-order valence-electron chi connectivity index (χ1n) is 4.76. The van der Waals surface area contributed by atoms with Gasteiger partial charge in [-0.15, -0.1) is 0 Å². The molecule has 1 aromatic rings. The first kappa shape index (κ1) is 12.4. The second kappa shape index (κ2) is 4.92. The minimum atomic E-state index is -1.14. The van der Waals surface area contributed by atoms with Gasteiger partial charge in [-0.2, -0.15) is 0 Å². The summed E-state index contributed by atoms with van der Waals surface area (Å²) in [5.74, 6) is -3.47. The highest BCUT2D eigenvalue weighted by atomic mass is 19.2. The molecule has 0 saturated carbocycles. The van der Waals surface area contributed by atoms with Crippen LogP contribution in [0.2, 0.25) is 0 Å². The molecular formula is C11H12F2O3. The lowest BCUT2D eigenvalue weighted by Gasteiger charge is -2.18. The highest BCUT2D eigenvalue weighted by Crippen LogP contribution is 2.19. The summed E-state index contributed by atoms with van der Waals surface area (Å²) in [6.45, 7) is 3.33. The molecule has 0 aliphatic rings. The van der Waals surface area contributed by atoms with Crippen molar-refractivity contribution in [1.29, 1.82) is 0 Å². The quantitative estimate of drug-likeness (QED) is 0.864. The second-order valence-electron chi connectivity index (χ2n) is 3.70. The highest BCUT2D eigenvalue weighted by molar-refractivity contribution is 5.73. The summed E-state index contributed by atoms with van der Waals surface area (Å²) < 4.78 is 30.5. The number of aliphatic carboxylic acids is 1. The topological polar surface area (TPSA) is 46.5 Å². The van der Waals surface area contributed by atoms with Crippen molar-refractivity contribution in [2.24, 2.45) is 5.92 Å². The Kier molecular flexibility index (Phi) is 3.82. The van der Waals surface area contributed by atoms with Crippen LogP contribution in [0.3, 0.4) is 0 Å². The van der Waals surface area contributed by atoms with Crippen LogP contribution in [-0.2, 0) is 4.79 Å². The van der Waals surface area contributed by atoms with E-state index >= 15 is 0 Å². The molecule has 0 heterocycles. The Morgan fingerprint density at radius 3 is 2.38 bits per heavy atom. The van der Waals surface area contributed by atoms with Gasteiger partial charge in [-0.05, 0) is 12.1 Å². The Morgan fingerprint density at radius 1 is 1.31 bits per heavy atom. The van der Waals surface area contributed by atoms with Gasteiger partial charge < -0.3 is 9.84 Å². The molecule has 0 aliphatic carbocycles. The molecule has 0 aromatic heterocycles. The summed E-state index contributed by atoms with van der Waals surface area (Å²) in [4.78, 5) is 10.8. The van der Waals surface area contributed by atoms with E-state index in [-0.39, 0.29) is 11.7 Å². The van der Waals surface area contributed by atoms with Crippen LogP contribution in [0.25, 0.3) is 0 Å². The van der Waals surface area contributed by atoms with E-state index in [9.17, 15) is 13.6 Å². The molecule has 1 rings (SSSR count). The second-order valence-corrected chi connectivity index (χ2v) is 3.70. The lowest BCUT2D eigenvalue weighted by molar-refractivity contribution is -0.147. The Labute approximate surface area is 91.7 Å². The summed E-state index contributed by atoms with van der Waals surface area (Å²) in [6, 6.07) is 2.91. The fraction of sp³-hybridized carbons (Fsp3) is 0.364. The Morgan fingerprint density at radius 2 is 1.94 bits per heavy atom. The molecule has 88 valence electrons. The van der Waals surface area contributed by atoms with Gasteiger partial charge in [-0.3, -0.25) is 0 Å². The van der Waals surface area contributed by atoms with E-state index < -0.39 is 23.7 Å². The number of benzene rings is 1. The normalized spacial score (nSPS) is 12.6. The molecule has 1 unspecified atom stereocenters. The lowest BCUT2D eigenvalue weighted by atomic mass is 10.1. The molecule has 5 heteroatoms. The van der Waals surface area contributed by atoms with Crippen molar-refractivity contribution < 1.29 is 23.4 Å². The number of hydrogen-bond donors (Lipinski definition) is 1. The van der Waals surface area contributed by atoms with Gasteiger partial charge in [0, 0.05) is 12.0 Å². The van der Waals surface area contributed by atoms with E-state index in [2.05, 4.69) is 0 Å². The van der Waals surface area contributed by atoms with Crippen LogP contribution >= 0.6 is 0 Å². The van der Waals surface area contributed by atoms with Gasteiger partial charge >= 0.3 is 5.97 Å². The molecule has 0 radical (unpaired) electrons. The average Bonchev–Trinajstić information content (AvgIpc) is 2.18. The third kappa shape index (κ3) is 2.92. The molecule has 3 nitrogen and oxygen atoms in total. The summed E-state index contributed by atoms with van der Waals surface area (Å²) in [7, 11) is 0. The summed E-state index contributed by atoms with van der Waals surface area (Å²) >= 11 is 0. The van der Waals surface area contributed by atoms with Gasteiger partial charge in [0.15, 0.2) is 17.7 Å². The number of ether oxygens (including phenoxy) is 1. The van der Waals surface area contributed by atoms with Crippen LogP contribution in [0.1, 0.15) is 13.8 Å². The number of carbonyl (C=O) groups is 1. The van der Waals surface area contributed by atoms with Crippen LogP contribution in [0.4, 0.5) is 8.78 Å². The third-order valence-electron chi connectivity index (χ3n) is 2.00. The average molecular weight is 230 g/mol. The molecule has 0 fully saturated rings. The van der Waals surface area contributed by atoms with Crippen LogP contribution in [0.5, 0.6) is 5.75 Å². The van der Waals surface area contributed by atoms with E-state index in [4.69, 9.17) is 9.84 Å². The largest absolute Gasteiger partial charge is 0.478 e. The van der Waals surface area contributed by atoms with Crippen molar-refractivity contribution in [2.45, 2.75) is 20.0 Å². The van der Waals surface area contributed by atoms with Crippen LogP contribution in [0.15, 0.2) is 18.2 Å². The number of carboxylic acids is 1. The maximum absolute atomic E-state index is 12.8. The van der Waals surface area contributed by atoms with Crippen molar-refractivity contribution in [3.63, 3.8) is 0 Å². The molecular weight excluding hydrogens is 218 g/mol. The Hall–Kier alpha value is -1.65. The number of carboxylic acid groups (broad SMARTS) is 1. The summed E-state index contributed by atoms with van der Waals surface area (Å²) in [5.41, 5.74) is 0. The van der Waals surface area contributed by atoms with E-state index in [1.807, 2.05) is 0 Å². The first-order chi connectivity index (χ1) is 7.41. The minimum Gasteiger partial charge on any atom is -0.478 e. The summed E-state index contributed by atoms with van der Waals surface area (Å²) in [6.07, 6.45) is -1.08. The molecule has 0 spiro atoms. The maximum Gasteiger partial charge on any atom is 0.345 e. The first-order valence-corrected chi connectivity index (χ1v) is 4.76. The highest BCUT2D eigenvalue weighted by Gasteiger charge is 2.23. The zero-order valence-electron chi connectivity index (χ0n) is 8.91. The Bertz CT molecular complexity index is 391. The fourth-order valence-corrected chi connectivity index (χ4v) is 1.17. The molecule has 1 atom stereocenters. The van der Waals surface area contributed by atoms with Crippen LogP contribution in [0, 0.1) is 17.6 Å². The van der Waals surface area contributed by atoms with Crippen molar-refractivity contribution in [1.82, 2.24) is 0 Å². The monoisotopic (exact) mass is 230 g/mol. The predicted octanol–water partition coefficient (Wildman–Crippen LogP) is 2.45. The van der Waals surface area contributed by atoms with Gasteiger partial charge in [0.25, 0.3) is 0 Å². The predicted molar refractivity (Wildman–Crippen MR) is 53.2 cm³/mol. The lowest BCUT2D eigenvalue weighted by Crippen LogP contribution is -2.32.